The molecular weight excluding hydrogens is 352 g/mol. The number of rotatable bonds is 5. The van der Waals surface area contributed by atoms with Crippen molar-refractivity contribution < 1.29 is 14.3 Å². The molecule has 0 spiro atoms. The largest absolute Gasteiger partial charge is 0.479 e. The first-order chi connectivity index (χ1) is 13.6. The predicted octanol–water partition coefficient (Wildman–Crippen LogP) is 4.47. The second kappa shape index (κ2) is 8.53. The lowest BCUT2D eigenvalue weighted by Gasteiger charge is -2.14. The third-order valence-electron chi connectivity index (χ3n) is 4.03. The van der Waals surface area contributed by atoms with Gasteiger partial charge in [0.1, 0.15) is 11.5 Å². The summed E-state index contributed by atoms with van der Waals surface area (Å²) in [5, 5.41) is 17.8. The highest BCUT2D eigenvalue weighted by Crippen LogP contribution is 2.23. The third kappa shape index (κ3) is 4.55. The molecule has 3 rings (SSSR count). The van der Waals surface area contributed by atoms with E-state index in [4.69, 9.17) is 20.0 Å². The Hall–Kier alpha value is -4.09. The van der Waals surface area contributed by atoms with E-state index in [1.165, 1.54) is 0 Å². The Bertz CT molecular complexity index is 1060. The van der Waals surface area contributed by atoms with Gasteiger partial charge in [0, 0.05) is 0 Å². The second-order valence-electron chi connectivity index (χ2n) is 6.03. The molecule has 136 valence electrons. The molecule has 0 saturated carbocycles. The molecule has 0 aliphatic heterocycles. The molecule has 5 heteroatoms. The van der Waals surface area contributed by atoms with Crippen LogP contribution in [0.3, 0.4) is 0 Å². The van der Waals surface area contributed by atoms with Crippen LogP contribution in [0.4, 0.5) is 0 Å². The van der Waals surface area contributed by atoms with Gasteiger partial charge in [-0.25, -0.2) is 4.79 Å². The molecule has 0 radical (unpaired) electrons. The van der Waals surface area contributed by atoms with Gasteiger partial charge in [0.2, 0.25) is 0 Å². The van der Waals surface area contributed by atoms with Crippen LogP contribution in [0.25, 0.3) is 11.1 Å². The summed E-state index contributed by atoms with van der Waals surface area (Å²) in [6.07, 6.45) is -0.827. The normalized spacial score (nSPS) is 11.0. The molecule has 0 aliphatic carbocycles. The molecule has 3 aromatic rings. The SMILES string of the molecule is CC(Oc1cccc(C#N)c1)C(=O)Oc1ccc(-c2ccc(C#N)cc2)cc1. The molecule has 0 N–H and O–H groups in total. The van der Waals surface area contributed by atoms with E-state index >= 15 is 0 Å². The lowest BCUT2D eigenvalue weighted by Crippen LogP contribution is -2.28. The minimum Gasteiger partial charge on any atom is -0.479 e. The fourth-order valence-corrected chi connectivity index (χ4v) is 2.54. The number of carbonyl (C=O) groups excluding carboxylic acids is 1. The van der Waals surface area contributed by atoms with Crippen LogP contribution in [0.15, 0.2) is 72.8 Å². The Morgan fingerprint density at radius 2 is 1.43 bits per heavy atom. The van der Waals surface area contributed by atoms with E-state index in [-0.39, 0.29) is 0 Å². The summed E-state index contributed by atoms with van der Waals surface area (Å²) in [5.74, 6) is 0.303. The molecule has 0 aromatic heterocycles. The molecule has 28 heavy (non-hydrogen) atoms. The number of benzene rings is 3. The second-order valence-corrected chi connectivity index (χ2v) is 6.03. The van der Waals surface area contributed by atoms with Gasteiger partial charge < -0.3 is 9.47 Å². The van der Waals surface area contributed by atoms with Gasteiger partial charge in [-0.05, 0) is 60.5 Å². The van der Waals surface area contributed by atoms with Gasteiger partial charge >= 0.3 is 5.97 Å². The van der Waals surface area contributed by atoms with Crippen molar-refractivity contribution in [2.75, 3.05) is 0 Å². The van der Waals surface area contributed by atoms with Crippen molar-refractivity contribution in [3.8, 4) is 34.8 Å². The van der Waals surface area contributed by atoms with E-state index < -0.39 is 12.1 Å². The highest BCUT2D eigenvalue weighted by atomic mass is 16.6. The Balaban J connectivity index is 1.63. The van der Waals surface area contributed by atoms with Crippen LogP contribution in [0.2, 0.25) is 0 Å². The van der Waals surface area contributed by atoms with Crippen molar-refractivity contribution in [1.82, 2.24) is 0 Å². The number of esters is 1. The van der Waals surface area contributed by atoms with E-state index in [9.17, 15) is 4.79 Å². The van der Waals surface area contributed by atoms with Crippen molar-refractivity contribution in [1.29, 1.82) is 10.5 Å². The predicted molar refractivity (Wildman–Crippen MR) is 103 cm³/mol. The van der Waals surface area contributed by atoms with Gasteiger partial charge in [0.15, 0.2) is 6.10 Å². The van der Waals surface area contributed by atoms with Crippen LogP contribution >= 0.6 is 0 Å². The molecule has 0 fully saturated rings. The topological polar surface area (TPSA) is 83.1 Å². The van der Waals surface area contributed by atoms with Gasteiger partial charge in [-0.2, -0.15) is 10.5 Å². The molecule has 0 bridgehead atoms. The smallest absolute Gasteiger partial charge is 0.352 e. The quantitative estimate of drug-likeness (QED) is 0.490. The van der Waals surface area contributed by atoms with Crippen molar-refractivity contribution in [2.45, 2.75) is 13.0 Å². The minimum atomic E-state index is -0.827. The molecule has 3 aromatic carbocycles. The zero-order chi connectivity index (χ0) is 19.9. The van der Waals surface area contributed by atoms with Crippen LogP contribution < -0.4 is 9.47 Å². The third-order valence-corrected chi connectivity index (χ3v) is 4.03. The summed E-state index contributed by atoms with van der Waals surface area (Å²) < 4.78 is 10.9. The number of hydrogen-bond acceptors (Lipinski definition) is 5. The maximum Gasteiger partial charge on any atom is 0.352 e. The van der Waals surface area contributed by atoms with Gasteiger partial charge in [0.25, 0.3) is 0 Å². The molecule has 0 aliphatic rings. The maximum atomic E-state index is 12.3. The molecule has 1 atom stereocenters. The van der Waals surface area contributed by atoms with Crippen LogP contribution in [0.1, 0.15) is 18.1 Å². The van der Waals surface area contributed by atoms with Gasteiger partial charge in [-0.15, -0.1) is 0 Å². The monoisotopic (exact) mass is 368 g/mol. The summed E-state index contributed by atoms with van der Waals surface area (Å²) in [5.41, 5.74) is 2.97. The van der Waals surface area contributed by atoms with Crippen LogP contribution in [-0.2, 0) is 4.79 Å². The van der Waals surface area contributed by atoms with Gasteiger partial charge in [-0.1, -0.05) is 30.3 Å². The standard InChI is InChI=1S/C23H16N2O3/c1-16(27-22-4-2-3-18(13-22)15-25)23(26)28-21-11-9-20(10-12-21)19-7-5-17(14-24)6-8-19/h2-13,16H,1H3. The van der Waals surface area contributed by atoms with Crippen molar-refractivity contribution >= 4 is 5.97 Å². The molecular formula is C23H16N2O3. The summed E-state index contributed by atoms with van der Waals surface area (Å²) >= 11 is 0. The zero-order valence-electron chi connectivity index (χ0n) is 15.1. The van der Waals surface area contributed by atoms with E-state index in [1.54, 1.807) is 55.5 Å². The molecule has 0 heterocycles. The van der Waals surface area contributed by atoms with E-state index in [0.29, 0.717) is 22.6 Å². The Kier molecular flexibility index (Phi) is 5.69. The maximum absolute atomic E-state index is 12.3. The molecule has 0 amide bonds. The average molecular weight is 368 g/mol. The van der Waals surface area contributed by atoms with Crippen LogP contribution in [0.5, 0.6) is 11.5 Å². The minimum absolute atomic E-state index is 0.406. The highest BCUT2D eigenvalue weighted by molar-refractivity contribution is 5.77. The number of carbonyl (C=O) groups is 1. The zero-order valence-corrected chi connectivity index (χ0v) is 15.1. The van der Waals surface area contributed by atoms with Crippen molar-refractivity contribution in [3.63, 3.8) is 0 Å². The number of ether oxygens (including phenoxy) is 2. The lowest BCUT2D eigenvalue weighted by atomic mass is 10.0. The Labute approximate surface area is 163 Å². The van der Waals surface area contributed by atoms with Crippen molar-refractivity contribution in [2.24, 2.45) is 0 Å². The van der Waals surface area contributed by atoms with Crippen LogP contribution in [-0.4, -0.2) is 12.1 Å². The summed E-state index contributed by atoms with van der Waals surface area (Å²) in [7, 11) is 0. The Morgan fingerprint density at radius 3 is 2.04 bits per heavy atom. The lowest BCUT2D eigenvalue weighted by molar-refractivity contribution is -0.141. The summed E-state index contributed by atoms with van der Waals surface area (Å²) in [6.45, 7) is 1.59. The van der Waals surface area contributed by atoms with Gasteiger partial charge in [-0.3, -0.25) is 0 Å². The average Bonchev–Trinajstić information content (AvgIpc) is 2.74. The first kappa shape index (κ1) is 18.7. The molecule has 5 nitrogen and oxygen atoms in total. The van der Waals surface area contributed by atoms with E-state index in [2.05, 4.69) is 6.07 Å². The summed E-state index contributed by atoms with van der Waals surface area (Å²) in [6, 6.07) is 25.0. The molecule has 0 saturated heterocycles. The van der Waals surface area contributed by atoms with Gasteiger partial charge in [0.05, 0.1) is 23.3 Å². The number of nitriles is 2. The fourth-order valence-electron chi connectivity index (χ4n) is 2.54. The van der Waals surface area contributed by atoms with E-state index in [1.807, 2.05) is 30.3 Å². The van der Waals surface area contributed by atoms with Crippen molar-refractivity contribution in [3.05, 3.63) is 83.9 Å². The number of nitrogens with zero attached hydrogens (tertiary/aromatic N) is 2. The van der Waals surface area contributed by atoms with Crippen LogP contribution in [0, 0.1) is 22.7 Å². The molecule has 1 unspecified atom stereocenters. The fraction of sp³-hybridized carbons (Fsp3) is 0.0870. The summed E-state index contributed by atoms with van der Waals surface area (Å²) in [4.78, 5) is 12.3. The highest BCUT2D eigenvalue weighted by Gasteiger charge is 2.17. The Morgan fingerprint density at radius 1 is 0.821 bits per heavy atom. The first-order valence-corrected chi connectivity index (χ1v) is 8.58. The number of hydrogen-bond donors (Lipinski definition) is 0. The first-order valence-electron chi connectivity index (χ1n) is 8.58. The van der Waals surface area contributed by atoms with E-state index in [0.717, 1.165) is 11.1 Å².